The Balaban J connectivity index is 1.47. The minimum absolute atomic E-state index is 0.0513. The van der Waals surface area contributed by atoms with Gasteiger partial charge >= 0.3 is 0 Å². The lowest BCUT2D eigenvalue weighted by Gasteiger charge is -2.61. The van der Waals surface area contributed by atoms with Crippen LogP contribution >= 0.6 is 22.6 Å². The predicted molar refractivity (Wildman–Crippen MR) is 166 cm³/mol. The third kappa shape index (κ3) is 6.49. The summed E-state index contributed by atoms with van der Waals surface area (Å²) in [6.07, 6.45) is 3.70. The van der Waals surface area contributed by atoms with Gasteiger partial charge in [-0.15, -0.1) is 0 Å². The summed E-state index contributed by atoms with van der Waals surface area (Å²) in [5, 5.41) is 23.8. The van der Waals surface area contributed by atoms with Crippen LogP contribution in [0.5, 0.6) is 5.75 Å². The number of hydrogen-bond acceptors (Lipinski definition) is 5. The van der Waals surface area contributed by atoms with Gasteiger partial charge in [0, 0.05) is 25.1 Å². The first-order valence-corrected chi connectivity index (χ1v) is 15.8. The molecule has 0 spiro atoms. The van der Waals surface area contributed by atoms with Gasteiger partial charge < -0.3 is 25.2 Å². The number of para-hydroxylation sites is 1. The summed E-state index contributed by atoms with van der Waals surface area (Å²) in [4.78, 5) is 29.1. The van der Waals surface area contributed by atoms with Crippen LogP contribution in [0.4, 0.5) is 0 Å². The average molecular weight is 673 g/mol. The van der Waals surface area contributed by atoms with Crippen molar-refractivity contribution in [3.05, 3.63) is 75.4 Å². The fraction of sp³-hybridized carbons (Fsp3) is 0.515. The maximum absolute atomic E-state index is 14.1. The lowest BCUT2D eigenvalue weighted by molar-refractivity contribution is -0.147. The van der Waals surface area contributed by atoms with Crippen LogP contribution in [-0.2, 0) is 16.0 Å². The Bertz CT molecular complexity index is 1260. The molecule has 0 aromatic heterocycles. The Hall–Kier alpha value is -2.43. The molecule has 2 aromatic rings. The second-order valence-corrected chi connectivity index (χ2v) is 13.5. The number of fused-ring (bicyclic) bond motifs is 2. The summed E-state index contributed by atoms with van der Waals surface area (Å²) in [5.41, 5.74) is 1.63. The number of aliphatic hydroxyl groups is 2. The first-order chi connectivity index (χ1) is 19.7. The van der Waals surface area contributed by atoms with Gasteiger partial charge in [-0.25, -0.2) is 0 Å². The lowest BCUT2D eigenvalue weighted by Crippen LogP contribution is -2.59. The highest BCUT2D eigenvalue weighted by Crippen LogP contribution is 2.61. The molecule has 220 valence electrons. The quantitative estimate of drug-likeness (QED) is 0.327. The lowest BCUT2D eigenvalue weighted by atomic mass is 9.45. The first kappa shape index (κ1) is 30.0. The highest BCUT2D eigenvalue weighted by molar-refractivity contribution is 14.1. The smallest absolute Gasteiger partial charge is 0.247 e. The molecule has 3 N–H and O–H groups in total. The van der Waals surface area contributed by atoms with Crippen LogP contribution in [0.25, 0.3) is 0 Å². The summed E-state index contributed by atoms with van der Waals surface area (Å²) >= 11 is 2.19. The van der Waals surface area contributed by atoms with Crippen LogP contribution in [-0.4, -0.2) is 64.9 Å². The summed E-state index contributed by atoms with van der Waals surface area (Å²) in [6, 6.07) is 16.6. The molecule has 2 aromatic carbocycles. The van der Waals surface area contributed by atoms with E-state index in [1.165, 1.54) is 6.42 Å². The zero-order chi connectivity index (χ0) is 29.1. The van der Waals surface area contributed by atoms with Gasteiger partial charge in [0.2, 0.25) is 11.8 Å². The van der Waals surface area contributed by atoms with Gasteiger partial charge in [0.05, 0.1) is 22.6 Å². The largest absolute Gasteiger partial charge is 0.482 e. The molecule has 6 atom stereocenters. The van der Waals surface area contributed by atoms with Crippen molar-refractivity contribution in [2.45, 2.75) is 64.2 Å². The zero-order valence-electron chi connectivity index (χ0n) is 23.8. The molecule has 6 rings (SSSR count). The zero-order valence-corrected chi connectivity index (χ0v) is 26.0. The molecule has 6 unspecified atom stereocenters. The number of amides is 2. The SMILES string of the molecule is CC1(C)C2CCC(CN(C(=O)Cc3ccccc3)C3CC(C(=O)NCCO)=CC(Oc4ccccc4I)C3O)C1C2. The van der Waals surface area contributed by atoms with Gasteiger partial charge in [-0.1, -0.05) is 56.3 Å². The van der Waals surface area contributed by atoms with Crippen molar-refractivity contribution in [2.75, 3.05) is 19.7 Å². The van der Waals surface area contributed by atoms with E-state index < -0.39 is 18.2 Å². The third-order valence-corrected chi connectivity index (χ3v) is 10.6. The number of benzene rings is 2. The van der Waals surface area contributed by atoms with Crippen molar-refractivity contribution in [1.82, 2.24) is 10.2 Å². The van der Waals surface area contributed by atoms with Crippen LogP contribution in [0.15, 0.2) is 66.2 Å². The number of nitrogens with zero attached hydrogens (tertiary/aromatic N) is 1. The Kier molecular flexibility index (Phi) is 9.40. The molecule has 4 aliphatic carbocycles. The molecule has 2 bridgehead atoms. The number of rotatable bonds is 10. The Morgan fingerprint density at radius 3 is 2.51 bits per heavy atom. The third-order valence-electron chi connectivity index (χ3n) is 9.67. The van der Waals surface area contributed by atoms with Crippen LogP contribution in [0.2, 0.25) is 0 Å². The van der Waals surface area contributed by atoms with Gasteiger partial charge in [0.25, 0.3) is 0 Å². The number of aliphatic hydroxyl groups excluding tert-OH is 2. The van der Waals surface area contributed by atoms with E-state index in [1.807, 2.05) is 59.5 Å². The Morgan fingerprint density at radius 1 is 1.10 bits per heavy atom. The van der Waals surface area contributed by atoms with Gasteiger partial charge in [-0.3, -0.25) is 9.59 Å². The Labute approximate surface area is 256 Å². The number of nitrogens with one attached hydrogen (secondary N) is 1. The fourth-order valence-electron chi connectivity index (χ4n) is 7.19. The number of halogens is 1. The minimum Gasteiger partial charge on any atom is -0.482 e. The van der Waals surface area contributed by atoms with E-state index in [9.17, 15) is 19.8 Å². The van der Waals surface area contributed by atoms with Crippen LogP contribution in [0.3, 0.4) is 0 Å². The Morgan fingerprint density at radius 2 is 1.83 bits per heavy atom. The topological polar surface area (TPSA) is 99.1 Å². The standard InChI is InChI=1S/C33H41IN2O5/c1-33(2)24-13-12-22(25(33)19-24)20-36(30(38)16-21-8-4-3-5-9-21)27-17-23(32(40)35-14-15-37)18-29(31(27)39)41-28-11-7-6-10-26(28)34/h3-11,18,22,24-25,27,29,31,37,39H,12-17,19-20H2,1-2H3,(H,35,40). The molecule has 0 heterocycles. The van der Waals surface area contributed by atoms with Crippen molar-refractivity contribution in [3.8, 4) is 5.75 Å². The number of hydrogen-bond donors (Lipinski definition) is 3. The maximum Gasteiger partial charge on any atom is 0.247 e. The molecule has 8 heteroatoms. The van der Waals surface area contributed by atoms with E-state index >= 15 is 0 Å². The number of carbonyl (C=O) groups is 2. The van der Waals surface area contributed by atoms with E-state index in [2.05, 4.69) is 41.8 Å². The summed E-state index contributed by atoms with van der Waals surface area (Å²) < 4.78 is 7.20. The summed E-state index contributed by atoms with van der Waals surface area (Å²) in [7, 11) is 0. The van der Waals surface area contributed by atoms with Crippen molar-refractivity contribution in [2.24, 2.45) is 23.2 Å². The van der Waals surface area contributed by atoms with Crippen LogP contribution in [0.1, 0.15) is 45.1 Å². The molecular weight excluding hydrogens is 631 g/mol. The van der Waals surface area contributed by atoms with Crippen molar-refractivity contribution in [3.63, 3.8) is 0 Å². The number of ether oxygens (including phenoxy) is 1. The van der Waals surface area contributed by atoms with Crippen LogP contribution < -0.4 is 10.1 Å². The van der Waals surface area contributed by atoms with E-state index in [4.69, 9.17) is 4.74 Å². The van der Waals surface area contributed by atoms with E-state index in [-0.39, 0.29) is 43.2 Å². The molecule has 0 radical (unpaired) electrons. The molecule has 2 amide bonds. The molecular formula is C33H41IN2O5. The first-order valence-electron chi connectivity index (χ1n) is 14.7. The summed E-state index contributed by atoms with van der Waals surface area (Å²) in [6.45, 7) is 5.20. The predicted octanol–water partition coefficient (Wildman–Crippen LogP) is 4.35. The molecule has 0 saturated heterocycles. The van der Waals surface area contributed by atoms with Gasteiger partial charge in [-0.05, 0) is 88.8 Å². The monoisotopic (exact) mass is 672 g/mol. The van der Waals surface area contributed by atoms with Crippen LogP contribution in [0, 0.1) is 26.7 Å². The fourth-order valence-corrected chi connectivity index (χ4v) is 7.71. The molecule has 7 nitrogen and oxygen atoms in total. The molecule has 3 fully saturated rings. The highest BCUT2D eigenvalue weighted by atomic mass is 127. The van der Waals surface area contributed by atoms with E-state index in [0.29, 0.717) is 29.7 Å². The second kappa shape index (κ2) is 12.8. The van der Waals surface area contributed by atoms with Gasteiger partial charge in [-0.2, -0.15) is 0 Å². The van der Waals surface area contributed by atoms with Crippen molar-refractivity contribution < 1.29 is 24.5 Å². The molecule has 4 aliphatic rings. The second-order valence-electron chi connectivity index (χ2n) is 12.4. The highest BCUT2D eigenvalue weighted by Gasteiger charge is 2.55. The van der Waals surface area contributed by atoms with E-state index in [0.717, 1.165) is 27.9 Å². The van der Waals surface area contributed by atoms with Crippen molar-refractivity contribution in [1.29, 1.82) is 0 Å². The average Bonchev–Trinajstić information content (AvgIpc) is 2.97. The van der Waals surface area contributed by atoms with Crippen molar-refractivity contribution >= 4 is 34.4 Å². The molecule has 0 aliphatic heterocycles. The number of carbonyl (C=O) groups excluding carboxylic acids is 2. The van der Waals surface area contributed by atoms with Gasteiger partial charge in [0.15, 0.2) is 0 Å². The van der Waals surface area contributed by atoms with Gasteiger partial charge in [0.1, 0.15) is 18.0 Å². The maximum atomic E-state index is 14.1. The molecule has 41 heavy (non-hydrogen) atoms. The molecule has 3 saturated carbocycles. The minimum atomic E-state index is -1.02. The summed E-state index contributed by atoms with van der Waals surface area (Å²) in [5.74, 6) is 1.87. The van der Waals surface area contributed by atoms with E-state index in [1.54, 1.807) is 6.08 Å². The normalized spacial score (nSPS) is 28.2.